The molecule has 7 nitrogen and oxygen atoms in total. The van der Waals surface area contributed by atoms with Gasteiger partial charge >= 0.3 is 0 Å². The molecule has 0 aliphatic rings. The molecule has 35 heavy (non-hydrogen) atoms. The second kappa shape index (κ2) is 10.9. The summed E-state index contributed by atoms with van der Waals surface area (Å²) in [6.45, 7) is 5.91. The maximum absolute atomic E-state index is 12.7. The zero-order chi connectivity index (χ0) is 24.8. The summed E-state index contributed by atoms with van der Waals surface area (Å²) in [4.78, 5) is 31.8. The number of imidazole rings is 1. The van der Waals surface area contributed by atoms with Crippen molar-refractivity contribution in [2.24, 2.45) is 0 Å². The third-order valence-corrected chi connectivity index (χ3v) is 5.47. The molecule has 2 amide bonds. The number of carbonyl (C=O) groups excluding carboxylic acids is 2. The van der Waals surface area contributed by atoms with Gasteiger partial charge in [-0.05, 0) is 73.9 Å². The van der Waals surface area contributed by atoms with Crippen molar-refractivity contribution in [1.82, 2.24) is 15.3 Å². The van der Waals surface area contributed by atoms with Crippen LogP contribution in [0.4, 0.5) is 5.69 Å². The molecule has 0 bridgehead atoms. The first-order chi connectivity index (χ1) is 16.9. The van der Waals surface area contributed by atoms with Crippen LogP contribution in [0.2, 0.25) is 0 Å². The van der Waals surface area contributed by atoms with Gasteiger partial charge in [-0.2, -0.15) is 0 Å². The predicted molar refractivity (Wildman–Crippen MR) is 138 cm³/mol. The molecule has 1 aromatic heterocycles. The Morgan fingerprint density at radius 2 is 1.66 bits per heavy atom. The number of fused-ring (bicyclic) bond motifs is 1. The Hall–Kier alpha value is -4.13. The van der Waals surface area contributed by atoms with Gasteiger partial charge in [0.15, 0.2) is 0 Å². The van der Waals surface area contributed by atoms with E-state index in [1.807, 2.05) is 74.5 Å². The van der Waals surface area contributed by atoms with Gasteiger partial charge < -0.3 is 20.4 Å². The zero-order valence-corrected chi connectivity index (χ0v) is 20.2. The summed E-state index contributed by atoms with van der Waals surface area (Å²) >= 11 is 0. The number of nitrogens with one attached hydrogen (secondary N) is 3. The van der Waals surface area contributed by atoms with Crippen molar-refractivity contribution < 1.29 is 14.3 Å². The smallest absolute Gasteiger partial charge is 0.251 e. The number of aryl methyl sites for hydroxylation is 2. The average molecular weight is 471 g/mol. The lowest BCUT2D eigenvalue weighted by Crippen LogP contribution is -2.22. The first-order valence-electron chi connectivity index (χ1n) is 11.7. The number of hydrogen-bond donors (Lipinski definition) is 3. The number of ether oxygens (including phenoxy) is 1. The van der Waals surface area contributed by atoms with E-state index in [1.54, 1.807) is 6.07 Å². The molecular formula is C28H30N4O3. The van der Waals surface area contributed by atoms with Crippen molar-refractivity contribution >= 4 is 28.5 Å². The van der Waals surface area contributed by atoms with Crippen LogP contribution < -0.4 is 15.4 Å². The van der Waals surface area contributed by atoms with Gasteiger partial charge in [0.25, 0.3) is 5.91 Å². The number of H-pyrrole nitrogens is 1. The van der Waals surface area contributed by atoms with E-state index in [-0.39, 0.29) is 17.9 Å². The predicted octanol–water partition coefficient (Wildman–Crippen LogP) is 5.02. The molecule has 0 aliphatic carbocycles. The Morgan fingerprint density at radius 3 is 2.34 bits per heavy atom. The van der Waals surface area contributed by atoms with Crippen LogP contribution in [-0.4, -0.2) is 27.9 Å². The van der Waals surface area contributed by atoms with Crippen LogP contribution in [-0.2, 0) is 24.2 Å². The van der Waals surface area contributed by atoms with E-state index in [2.05, 4.69) is 20.6 Å². The fourth-order valence-corrected chi connectivity index (χ4v) is 3.79. The van der Waals surface area contributed by atoms with Crippen LogP contribution in [0.15, 0.2) is 66.7 Å². The molecule has 7 heteroatoms. The number of aromatic nitrogens is 2. The molecule has 0 saturated carbocycles. The van der Waals surface area contributed by atoms with Crippen LogP contribution in [0, 0.1) is 0 Å². The fraction of sp³-hybridized carbons (Fsp3) is 0.250. The van der Waals surface area contributed by atoms with Crippen LogP contribution in [0.5, 0.6) is 5.75 Å². The molecule has 0 fully saturated rings. The molecule has 0 spiro atoms. The summed E-state index contributed by atoms with van der Waals surface area (Å²) in [5.74, 6) is 1.47. The molecule has 1 heterocycles. The largest absolute Gasteiger partial charge is 0.491 e. The van der Waals surface area contributed by atoms with Crippen molar-refractivity contribution in [3.8, 4) is 5.75 Å². The second-order valence-corrected chi connectivity index (χ2v) is 8.79. The van der Waals surface area contributed by atoms with Gasteiger partial charge in [-0.15, -0.1) is 0 Å². The molecule has 3 aromatic carbocycles. The van der Waals surface area contributed by atoms with E-state index in [9.17, 15) is 9.59 Å². The molecule has 180 valence electrons. The minimum atomic E-state index is -0.134. The zero-order valence-electron chi connectivity index (χ0n) is 20.2. The molecule has 0 aliphatic heterocycles. The molecule has 0 atom stereocenters. The summed E-state index contributed by atoms with van der Waals surface area (Å²) in [7, 11) is 0. The Labute approximate surface area is 204 Å². The van der Waals surface area contributed by atoms with Crippen molar-refractivity contribution in [2.45, 2.75) is 46.3 Å². The number of carbonyl (C=O) groups is 2. The minimum absolute atomic E-state index is 0.0843. The van der Waals surface area contributed by atoms with Gasteiger partial charge in [-0.25, -0.2) is 4.98 Å². The van der Waals surface area contributed by atoms with Crippen molar-refractivity contribution in [1.29, 1.82) is 0 Å². The topological polar surface area (TPSA) is 96.1 Å². The van der Waals surface area contributed by atoms with Gasteiger partial charge in [-0.3, -0.25) is 9.59 Å². The molecule has 0 saturated heterocycles. The normalized spacial score (nSPS) is 11.0. The highest BCUT2D eigenvalue weighted by Gasteiger charge is 2.10. The summed E-state index contributed by atoms with van der Waals surface area (Å²) < 4.78 is 5.66. The molecule has 0 radical (unpaired) electrons. The lowest BCUT2D eigenvalue weighted by molar-refractivity contribution is -0.114. The highest BCUT2D eigenvalue weighted by molar-refractivity contribution is 5.97. The first kappa shape index (κ1) is 24.0. The average Bonchev–Trinajstić information content (AvgIpc) is 3.24. The van der Waals surface area contributed by atoms with Crippen LogP contribution >= 0.6 is 0 Å². The highest BCUT2D eigenvalue weighted by atomic mass is 16.5. The van der Waals surface area contributed by atoms with Gasteiger partial charge in [0.1, 0.15) is 11.6 Å². The number of amides is 2. The fourth-order valence-electron chi connectivity index (χ4n) is 3.79. The van der Waals surface area contributed by atoms with Crippen molar-refractivity contribution in [2.75, 3.05) is 5.32 Å². The maximum atomic E-state index is 12.7. The van der Waals surface area contributed by atoms with Gasteiger partial charge in [0, 0.05) is 31.1 Å². The highest BCUT2D eigenvalue weighted by Crippen LogP contribution is 2.17. The first-order valence-corrected chi connectivity index (χ1v) is 11.7. The Balaban J connectivity index is 1.33. The standard InChI is InChI=1S/C28H30N4O3/c1-18(2)35-24-12-6-21(7-13-24)17-29-28(34)22-9-14-25-26(16-22)32-27(31-25)15-8-20-4-10-23(11-5-20)30-19(3)33/h4-7,9-14,16,18H,8,15,17H2,1-3H3,(H,29,34)(H,30,33)(H,31,32). The molecular weight excluding hydrogens is 440 g/mol. The number of nitrogens with zero attached hydrogens (tertiary/aromatic N) is 1. The third-order valence-electron chi connectivity index (χ3n) is 5.47. The van der Waals surface area contributed by atoms with Crippen molar-refractivity contribution in [3.63, 3.8) is 0 Å². The maximum Gasteiger partial charge on any atom is 0.251 e. The van der Waals surface area contributed by atoms with E-state index in [0.717, 1.165) is 52.3 Å². The van der Waals surface area contributed by atoms with Gasteiger partial charge in [0.2, 0.25) is 5.91 Å². The number of benzene rings is 3. The van der Waals surface area contributed by atoms with Gasteiger partial charge in [-0.1, -0.05) is 24.3 Å². The Kier molecular flexibility index (Phi) is 7.45. The molecule has 0 unspecified atom stereocenters. The van der Waals surface area contributed by atoms with E-state index in [4.69, 9.17) is 4.74 Å². The summed E-state index contributed by atoms with van der Waals surface area (Å²) in [5, 5.41) is 5.74. The number of hydrogen-bond acceptors (Lipinski definition) is 4. The van der Waals surface area contributed by atoms with E-state index < -0.39 is 0 Å². The molecule has 4 aromatic rings. The molecule has 4 rings (SSSR count). The summed E-state index contributed by atoms with van der Waals surface area (Å²) in [5.41, 5.74) is 5.20. The second-order valence-electron chi connectivity index (χ2n) is 8.79. The van der Waals surface area contributed by atoms with Crippen LogP contribution in [0.1, 0.15) is 48.1 Å². The summed E-state index contributed by atoms with van der Waals surface area (Å²) in [6.07, 6.45) is 1.68. The van der Waals surface area contributed by atoms with Crippen molar-refractivity contribution in [3.05, 3.63) is 89.2 Å². The van der Waals surface area contributed by atoms with E-state index >= 15 is 0 Å². The lowest BCUT2D eigenvalue weighted by Gasteiger charge is -2.10. The van der Waals surface area contributed by atoms with Crippen LogP contribution in [0.3, 0.4) is 0 Å². The number of aromatic amines is 1. The van der Waals surface area contributed by atoms with Crippen LogP contribution in [0.25, 0.3) is 11.0 Å². The minimum Gasteiger partial charge on any atom is -0.491 e. The number of anilines is 1. The molecule has 3 N–H and O–H groups in total. The Morgan fingerprint density at radius 1 is 0.943 bits per heavy atom. The quantitative estimate of drug-likeness (QED) is 0.320. The van der Waals surface area contributed by atoms with E-state index in [1.165, 1.54) is 6.92 Å². The third kappa shape index (κ3) is 6.69. The lowest BCUT2D eigenvalue weighted by atomic mass is 10.1. The van der Waals surface area contributed by atoms with E-state index in [0.29, 0.717) is 12.1 Å². The SMILES string of the molecule is CC(=O)Nc1ccc(CCc2nc3ccc(C(=O)NCc4ccc(OC(C)C)cc4)cc3[nH]2)cc1. The monoisotopic (exact) mass is 470 g/mol. The van der Waals surface area contributed by atoms with Gasteiger partial charge in [0.05, 0.1) is 17.1 Å². The Bertz CT molecular complexity index is 1310. The summed E-state index contributed by atoms with van der Waals surface area (Å²) in [6, 6.07) is 21.0. The number of rotatable bonds is 9.